The molecule has 0 aromatic heterocycles. The van der Waals surface area contributed by atoms with Crippen LogP contribution in [0.2, 0.25) is 0 Å². The van der Waals surface area contributed by atoms with Crippen LogP contribution in [-0.4, -0.2) is 5.24 Å². The Bertz CT molecular complexity index is 327. The van der Waals surface area contributed by atoms with Gasteiger partial charge in [-0.1, -0.05) is 34.6 Å². The van der Waals surface area contributed by atoms with Crippen LogP contribution in [-0.2, 0) is 6.54 Å². The molecule has 0 aliphatic heterocycles. The van der Waals surface area contributed by atoms with E-state index >= 15 is 0 Å². The minimum Gasteiger partial charge on any atom is -0.343 e. The van der Waals surface area contributed by atoms with E-state index in [1.54, 1.807) is 0 Å². The van der Waals surface area contributed by atoms with Gasteiger partial charge in [-0.05, 0) is 30.2 Å². The van der Waals surface area contributed by atoms with Crippen LogP contribution in [0, 0.1) is 6.92 Å². The molecular weight excluding hydrogens is 250 g/mol. The summed E-state index contributed by atoms with van der Waals surface area (Å²) < 4.78 is 1.02. The standard InChI is InChI=1S/C9H10BrNOS/c1-6-2-3-8(10)4-7(6)5-11-9(12)13/h2-4H,5H2,1H3,(H2,11,12,13). The van der Waals surface area contributed by atoms with Gasteiger partial charge < -0.3 is 5.32 Å². The first kappa shape index (κ1) is 10.6. The number of carbonyl (C=O) groups excluding carboxylic acids is 1. The van der Waals surface area contributed by atoms with Crippen LogP contribution < -0.4 is 5.32 Å². The predicted octanol–water partition coefficient (Wildman–Crippen LogP) is 2.90. The topological polar surface area (TPSA) is 29.1 Å². The number of nitrogens with one attached hydrogen (secondary N) is 1. The lowest BCUT2D eigenvalue weighted by Crippen LogP contribution is -2.16. The molecule has 2 nitrogen and oxygen atoms in total. The van der Waals surface area contributed by atoms with E-state index in [2.05, 4.69) is 33.9 Å². The number of hydrogen-bond acceptors (Lipinski definition) is 1. The maximum Gasteiger partial charge on any atom is 0.276 e. The molecule has 0 unspecified atom stereocenters. The molecule has 1 aromatic carbocycles. The molecule has 1 N–H and O–H groups in total. The molecule has 0 saturated heterocycles. The zero-order valence-electron chi connectivity index (χ0n) is 7.17. The van der Waals surface area contributed by atoms with Gasteiger partial charge in [0.25, 0.3) is 5.24 Å². The Morgan fingerprint density at radius 1 is 1.62 bits per heavy atom. The summed E-state index contributed by atoms with van der Waals surface area (Å²) in [5.41, 5.74) is 2.25. The second-order valence-corrected chi connectivity index (χ2v) is 4.05. The second-order valence-electron chi connectivity index (χ2n) is 2.73. The van der Waals surface area contributed by atoms with Crippen LogP contribution in [0.1, 0.15) is 11.1 Å². The lowest BCUT2D eigenvalue weighted by atomic mass is 10.1. The molecule has 1 rings (SSSR count). The largest absolute Gasteiger partial charge is 0.343 e. The van der Waals surface area contributed by atoms with Crippen molar-refractivity contribution in [3.05, 3.63) is 33.8 Å². The highest BCUT2D eigenvalue weighted by Gasteiger charge is 1.99. The van der Waals surface area contributed by atoms with E-state index in [9.17, 15) is 4.79 Å². The summed E-state index contributed by atoms with van der Waals surface area (Å²) in [4.78, 5) is 10.6. The van der Waals surface area contributed by atoms with Crippen LogP contribution in [0.4, 0.5) is 4.79 Å². The highest BCUT2D eigenvalue weighted by Crippen LogP contribution is 2.15. The van der Waals surface area contributed by atoms with Crippen LogP contribution in [0.15, 0.2) is 22.7 Å². The predicted molar refractivity (Wildman–Crippen MR) is 60.1 cm³/mol. The summed E-state index contributed by atoms with van der Waals surface area (Å²) in [7, 11) is 0. The van der Waals surface area contributed by atoms with Gasteiger partial charge in [-0.25, -0.2) is 0 Å². The first-order chi connectivity index (χ1) is 6.09. The monoisotopic (exact) mass is 259 g/mol. The van der Waals surface area contributed by atoms with E-state index in [0.29, 0.717) is 6.54 Å². The van der Waals surface area contributed by atoms with E-state index in [0.717, 1.165) is 15.6 Å². The summed E-state index contributed by atoms with van der Waals surface area (Å²) in [6, 6.07) is 5.96. The van der Waals surface area contributed by atoms with Gasteiger partial charge in [-0.3, -0.25) is 4.79 Å². The van der Waals surface area contributed by atoms with Gasteiger partial charge in [0.2, 0.25) is 0 Å². The number of hydrogen-bond donors (Lipinski definition) is 2. The molecule has 0 atom stereocenters. The van der Waals surface area contributed by atoms with Crippen LogP contribution in [0.3, 0.4) is 0 Å². The minimum absolute atomic E-state index is 0.306. The average Bonchev–Trinajstić information content (AvgIpc) is 2.06. The normalized spacial score (nSPS) is 9.77. The van der Waals surface area contributed by atoms with Crippen LogP contribution >= 0.6 is 28.6 Å². The Morgan fingerprint density at radius 2 is 2.31 bits per heavy atom. The summed E-state index contributed by atoms with van der Waals surface area (Å²) in [5.74, 6) is 0. The van der Waals surface area contributed by atoms with E-state index in [1.807, 2.05) is 25.1 Å². The van der Waals surface area contributed by atoms with Gasteiger partial charge in [-0.2, -0.15) is 0 Å². The number of halogens is 1. The molecule has 0 fully saturated rings. The molecule has 0 radical (unpaired) electrons. The molecule has 70 valence electrons. The fourth-order valence-electron chi connectivity index (χ4n) is 1.00. The van der Waals surface area contributed by atoms with Crippen molar-refractivity contribution in [3.63, 3.8) is 0 Å². The number of amides is 1. The number of carbonyl (C=O) groups is 1. The fourth-order valence-corrected chi connectivity index (χ4v) is 1.49. The molecule has 0 aliphatic carbocycles. The third-order valence-corrected chi connectivity index (χ3v) is 2.39. The molecule has 4 heteroatoms. The fraction of sp³-hybridized carbons (Fsp3) is 0.222. The summed E-state index contributed by atoms with van der Waals surface area (Å²) in [6.07, 6.45) is 0. The maximum absolute atomic E-state index is 10.6. The Kier molecular flexibility index (Phi) is 3.81. The zero-order chi connectivity index (χ0) is 9.84. The summed E-state index contributed by atoms with van der Waals surface area (Å²) >= 11 is 7.00. The summed E-state index contributed by atoms with van der Waals surface area (Å²) in [5, 5.41) is 2.33. The van der Waals surface area contributed by atoms with Crippen molar-refractivity contribution < 1.29 is 4.79 Å². The molecule has 0 spiro atoms. The van der Waals surface area contributed by atoms with Gasteiger partial charge in [0.05, 0.1) is 0 Å². The van der Waals surface area contributed by atoms with Crippen LogP contribution in [0.5, 0.6) is 0 Å². The molecule has 0 heterocycles. The van der Waals surface area contributed by atoms with E-state index in [-0.39, 0.29) is 5.24 Å². The highest BCUT2D eigenvalue weighted by atomic mass is 79.9. The smallest absolute Gasteiger partial charge is 0.276 e. The van der Waals surface area contributed by atoms with Crippen molar-refractivity contribution in [1.29, 1.82) is 0 Å². The van der Waals surface area contributed by atoms with Gasteiger partial charge in [0, 0.05) is 11.0 Å². The molecule has 13 heavy (non-hydrogen) atoms. The summed E-state index contributed by atoms with van der Waals surface area (Å²) in [6.45, 7) is 2.53. The third kappa shape index (κ3) is 3.40. The Labute approximate surface area is 91.3 Å². The van der Waals surface area contributed by atoms with Crippen molar-refractivity contribution in [2.75, 3.05) is 0 Å². The minimum atomic E-state index is -0.306. The SMILES string of the molecule is Cc1ccc(Br)cc1CNC(=O)S. The molecule has 1 aromatic rings. The first-order valence-corrected chi connectivity index (χ1v) is 5.05. The molecule has 0 saturated carbocycles. The lowest BCUT2D eigenvalue weighted by Gasteiger charge is -2.06. The number of benzene rings is 1. The third-order valence-electron chi connectivity index (χ3n) is 1.74. The number of rotatable bonds is 2. The lowest BCUT2D eigenvalue weighted by molar-refractivity contribution is 0.260. The molecular formula is C9H10BrNOS. The van der Waals surface area contributed by atoms with Crippen molar-refractivity contribution >= 4 is 33.8 Å². The van der Waals surface area contributed by atoms with Gasteiger partial charge in [-0.15, -0.1) is 0 Å². The van der Waals surface area contributed by atoms with Gasteiger partial charge in [0.1, 0.15) is 0 Å². The van der Waals surface area contributed by atoms with E-state index in [1.165, 1.54) is 0 Å². The van der Waals surface area contributed by atoms with Gasteiger partial charge in [0.15, 0.2) is 0 Å². The quantitative estimate of drug-likeness (QED) is 0.786. The van der Waals surface area contributed by atoms with Crippen LogP contribution in [0.25, 0.3) is 0 Å². The van der Waals surface area contributed by atoms with Crippen molar-refractivity contribution in [2.45, 2.75) is 13.5 Å². The number of thiol groups is 1. The first-order valence-electron chi connectivity index (χ1n) is 3.81. The van der Waals surface area contributed by atoms with E-state index < -0.39 is 0 Å². The molecule has 0 aliphatic rings. The Balaban J connectivity index is 2.75. The zero-order valence-corrected chi connectivity index (χ0v) is 9.65. The second kappa shape index (κ2) is 4.67. The molecule has 1 amide bonds. The van der Waals surface area contributed by atoms with Gasteiger partial charge >= 0.3 is 0 Å². The van der Waals surface area contributed by atoms with Crippen molar-refractivity contribution in [2.24, 2.45) is 0 Å². The highest BCUT2D eigenvalue weighted by molar-refractivity contribution is 9.10. The van der Waals surface area contributed by atoms with E-state index in [4.69, 9.17) is 0 Å². The van der Waals surface area contributed by atoms with Crippen molar-refractivity contribution in [1.82, 2.24) is 5.32 Å². The Morgan fingerprint density at radius 3 is 2.92 bits per heavy atom. The molecule has 0 bridgehead atoms. The number of aryl methyl sites for hydroxylation is 1. The van der Waals surface area contributed by atoms with Crippen molar-refractivity contribution in [3.8, 4) is 0 Å². The Hall–Kier alpha value is -0.480. The average molecular weight is 260 g/mol. The maximum atomic E-state index is 10.6.